The van der Waals surface area contributed by atoms with Gasteiger partial charge in [-0.3, -0.25) is 0 Å². The van der Waals surface area contributed by atoms with Gasteiger partial charge >= 0.3 is 0 Å². The van der Waals surface area contributed by atoms with Gasteiger partial charge in [0.15, 0.2) is 0 Å². The zero-order valence-corrected chi connectivity index (χ0v) is 13.5. The van der Waals surface area contributed by atoms with E-state index in [1.165, 1.54) is 16.4 Å². The molecule has 0 spiro atoms. The van der Waals surface area contributed by atoms with Crippen molar-refractivity contribution in [3.8, 4) is 0 Å². The van der Waals surface area contributed by atoms with Gasteiger partial charge in [-0.25, -0.2) is 8.42 Å². The highest BCUT2D eigenvalue weighted by molar-refractivity contribution is 7.89. The predicted molar refractivity (Wildman–Crippen MR) is 81.6 cm³/mol. The lowest BCUT2D eigenvalue weighted by molar-refractivity contribution is 0.192. The minimum Gasteiger partial charge on any atom is -0.329 e. The maximum atomic E-state index is 12.8. The van der Waals surface area contributed by atoms with Crippen molar-refractivity contribution >= 4 is 33.2 Å². The van der Waals surface area contributed by atoms with Crippen molar-refractivity contribution in [1.29, 1.82) is 0 Å². The van der Waals surface area contributed by atoms with Crippen molar-refractivity contribution in [2.24, 2.45) is 11.7 Å². The number of nitrogens with zero attached hydrogens (tertiary/aromatic N) is 1. The Kier molecular flexibility index (Phi) is 4.97. The average molecular weight is 337 g/mol. The van der Waals surface area contributed by atoms with Crippen LogP contribution in [0.2, 0.25) is 10.0 Å². The lowest BCUT2D eigenvalue weighted by atomic mass is 9.93. The van der Waals surface area contributed by atoms with Gasteiger partial charge in [0.1, 0.15) is 4.90 Å². The summed E-state index contributed by atoms with van der Waals surface area (Å²) in [5.74, 6) is 0.237. The zero-order valence-electron chi connectivity index (χ0n) is 11.2. The molecule has 1 aliphatic heterocycles. The zero-order chi connectivity index (χ0) is 14.9. The fraction of sp³-hybridized carbons (Fsp3) is 0.538. The summed E-state index contributed by atoms with van der Waals surface area (Å²) in [7, 11) is -3.67. The highest BCUT2D eigenvalue weighted by atomic mass is 35.5. The van der Waals surface area contributed by atoms with E-state index in [0.717, 1.165) is 12.8 Å². The molecule has 0 bridgehead atoms. The molecule has 2 rings (SSSR count). The molecule has 112 valence electrons. The fourth-order valence-electron chi connectivity index (χ4n) is 2.66. The van der Waals surface area contributed by atoms with Crippen LogP contribution in [0.3, 0.4) is 0 Å². The molecular weight excluding hydrogens is 319 g/mol. The topological polar surface area (TPSA) is 63.4 Å². The lowest BCUT2D eigenvalue weighted by Gasteiger charge is -2.38. The molecule has 2 atom stereocenters. The molecule has 2 unspecified atom stereocenters. The fourth-order valence-corrected chi connectivity index (χ4v) is 5.17. The van der Waals surface area contributed by atoms with Crippen LogP contribution < -0.4 is 5.73 Å². The first-order valence-corrected chi connectivity index (χ1v) is 8.74. The summed E-state index contributed by atoms with van der Waals surface area (Å²) < 4.78 is 27.1. The van der Waals surface area contributed by atoms with Gasteiger partial charge in [-0.1, -0.05) is 30.1 Å². The number of nitrogens with two attached hydrogens (primary N) is 1. The van der Waals surface area contributed by atoms with Gasteiger partial charge in [-0.05, 0) is 37.0 Å². The summed E-state index contributed by atoms with van der Waals surface area (Å²) in [5.41, 5.74) is 5.76. The summed E-state index contributed by atoms with van der Waals surface area (Å²) in [6.45, 7) is 2.80. The Morgan fingerprint density at radius 2 is 2.10 bits per heavy atom. The first kappa shape index (κ1) is 16.0. The van der Waals surface area contributed by atoms with Crippen LogP contribution in [0.5, 0.6) is 0 Å². The lowest BCUT2D eigenvalue weighted by Crippen LogP contribution is -2.51. The number of rotatable bonds is 3. The molecule has 1 saturated heterocycles. The number of sulfonamides is 1. The Bertz CT molecular complexity index is 592. The number of halogens is 2. The second-order valence-electron chi connectivity index (χ2n) is 5.11. The summed E-state index contributed by atoms with van der Waals surface area (Å²) in [5, 5.41) is 0.533. The van der Waals surface area contributed by atoms with Crippen LogP contribution >= 0.6 is 23.2 Å². The van der Waals surface area contributed by atoms with E-state index < -0.39 is 10.0 Å². The molecule has 1 aromatic carbocycles. The molecular formula is C13H18Cl2N2O2S. The minimum atomic E-state index is -3.67. The Morgan fingerprint density at radius 3 is 2.75 bits per heavy atom. The van der Waals surface area contributed by atoms with Crippen LogP contribution in [-0.2, 0) is 10.0 Å². The van der Waals surface area contributed by atoms with E-state index in [1.54, 1.807) is 6.07 Å². The normalized spacial score (nSPS) is 24.8. The molecule has 1 aromatic rings. The third-order valence-electron chi connectivity index (χ3n) is 3.79. The monoisotopic (exact) mass is 336 g/mol. The van der Waals surface area contributed by atoms with Crippen LogP contribution in [0.1, 0.15) is 19.8 Å². The van der Waals surface area contributed by atoms with Crippen molar-refractivity contribution in [2.75, 3.05) is 13.1 Å². The smallest absolute Gasteiger partial charge is 0.244 e. The predicted octanol–water partition coefficient (Wildman–Crippen LogP) is 2.74. The minimum absolute atomic E-state index is 0.0548. The van der Waals surface area contributed by atoms with Gasteiger partial charge in [-0.2, -0.15) is 4.31 Å². The first-order chi connectivity index (χ1) is 9.37. The van der Waals surface area contributed by atoms with Crippen molar-refractivity contribution in [2.45, 2.75) is 30.7 Å². The standard InChI is InChI=1S/C13H18Cl2N2O2S/c1-9-3-2-6-17(12(9)8-16)20(18,19)13-7-10(14)4-5-11(13)15/h4-5,7,9,12H,2-3,6,8,16H2,1H3. The van der Waals surface area contributed by atoms with Gasteiger partial charge in [0.2, 0.25) is 10.0 Å². The van der Waals surface area contributed by atoms with Crippen molar-refractivity contribution in [3.63, 3.8) is 0 Å². The third kappa shape index (κ3) is 2.97. The van der Waals surface area contributed by atoms with Gasteiger partial charge in [0.05, 0.1) is 5.02 Å². The van der Waals surface area contributed by atoms with Gasteiger partial charge < -0.3 is 5.73 Å². The molecule has 1 heterocycles. The highest BCUT2D eigenvalue weighted by Gasteiger charge is 2.37. The van der Waals surface area contributed by atoms with Crippen molar-refractivity contribution < 1.29 is 8.42 Å². The molecule has 0 amide bonds. The average Bonchev–Trinajstić information content (AvgIpc) is 2.41. The number of hydrogen-bond acceptors (Lipinski definition) is 3. The SMILES string of the molecule is CC1CCCN(S(=O)(=O)c2cc(Cl)ccc2Cl)C1CN. The van der Waals surface area contributed by atoms with Crippen LogP contribution in [0, 0.1) is 5.92 Å². The van der Waals surface area contributed by atoms with Crippen LogP contribution in [0.25, 0.3) is 0 Å². The quantitative estimate of drug-likeness (QED) is 0.922. The molecule has 4 nitrogen and oxygen atoms in total. The largest absolute Gasteiger partial charge is 0.329 e. The molecule has 1 aliphatic rings. The van der Waals surface area contributed by atoms with E-state index >= 15 is 0 Å². The van der Waals surface area contributed by atoms with Gasteiger partial charge in [0, 0.05) is 24.2 Å². The summed E-state index contributed by atoms with van der Waals surface area (Å²) in [6, 6.07) is 4.28. The Balaban J connectivity index is 2.45. The summed E-state index contributed by atoms with van der Waals surface area (Å²) in [6.07, 6.45) is 1.81. The van der Waals surface area contributed by atoms with Gasteiger partial charge in [-0.15, -0.1) is 0 Å². The van der Waals surface area contributed by atoms with Crippen molar-refractivity contribution in [3.05, 3.63) is 28.2 Å². The highest BCUT2D eigenvalue weighted by Crippen LogP contribution is 2.32. The maximum absolute atomic E-state index is 12.8. The Labute approximate surface area is 129 Å². The Morgan fingerprint density at radius 1 is 1.40 bits per heavy atom. The molecule has 0 aliphatic carbocycles. The van der Waals surface area contributed by atoms with E-state index in [4.69, 9.17) is 28.9 Å². The molecule has 20 heavy (non-hydrogen) atoms. The van der Waals surface area contributed by atoms with Gasteiger partial charge in [0.25, 0.3) is 0 Å². The van der Waals surface area contributed by atoms with Crippen LogP contribution in [0.4, 0.5) is 0 Å². The van der Waals surface area contributed by atoms with Crippen LogP contribution in [0.15, 0.2) is 23.1 Å². The first-order valence-electron chi connectivity index (χ1n) is 6.55. The molecule has 1 fully saturated rings. The molecule has 0 aromatic heterocycles. The molecule has 7 heteroatoms. The number of benzene rings is 1. The maximum Gasteiger partial charge on any atom is 0.244 e. The molecule has 0 radical (unpaired) electrons. The number of hydrogen-bond donors (Lipinski definition) is 1. The Hall–Kier alpha value is -0.330. The van der Waals surface area contributed by atoms with E-state index in [9.17, 15) is 8.42 Å². The van der Waals surface area contributed by atoms with Crippen LogP contribution in [-0.4, -0.2) is 31.9 Å². The summed E-state index contributed by atoms with van der Waals surface area (Å²) >= 11 is 11.9. The summed E-state index contributed by atoms with van der Waals surface area (Å²) in [4.78, 5) is 0.0548. The molecule has 0 saturated carbocycles. The van der Waals surface area contributed by atoms with E-state index in [0.29, 0.717) is 18.1 Å². The number of piperidine rings is 1. The van der Waals surface area contributed by atoms with Crippen molar-refractivity contribution in [1.82, 2.24) is 4.31 Å². The second-order valence-corrected chi connectivity index (χ2v) is 7.82. The third-order valence-corrected chi connectivity index (χ3v) is 6.43. The second kappa shape index (κ2) is 6.20. The van der Waals surface area contributed by atoms with E-state index in [1.807, 2.05) is 6.92 Å². The molecule has 2 N–H and O–H groups in total. The van der Waals surface area contributed by atoms with E-state index in [2.05, 4.69) is 0 Å². The van der Waals surface area contributed by atoms with E-state index in [-0.39, 0.29) is 21.9 Å².